The first-order valence-corrected chi connectivity index (χ1v) is 9.13. The van der Waals surface area contributed by atoms with Crippen LogP contribution in [0.4, 0.5) is 0 Å². The molecule has 2 heterocycles. The summed E-state index contributed by atoms with van der Waals surface area (Å²) in [5.74, 6) is 2.03. The number of rotatable bonds is 3. The molecule has 0 radical (unpaired) electrons. The molecule has 4 heteroatoms. The van der Waals surface area contributed by atoms with Crippen LogP contribution in [0.3, 0.4) is 0 Å². The van der Waals surface area contributed by atoms with Crippen molar-refractivity contribution in [3.63, 3.8) is 0 Å². The quantitative estimate of drug-likeness (QED) is 0.857. The Hall–Kier alpha value is -0.870. The second kappa shape index (κ2) is 5.73. The Kier molecular flexibility index (Phi) is 4.10. The van der Waals surface area contributed by atoms with Crippen molar-refractivity contribution in [2.45, 2.75) is 49.0 Å². The molecule has 118 valence electrons. The average molecular weight is 309 g/mol. The van der Waals surface area contributed by atoms with Crippen molar-refractivity contribution in [3.05, 3.63) is 23.8 Å². The van der Waals surface area contributed by atoms with E-state index in [-0.39, 0.29) is 6.97 Å². The van der Waals surface area contributed by atoms with Crippen molar-refractivity contribution < 1.29 is 10.4 Å². The first-order valence-electron chi connectivity index (χ1n) is 7.81. The molecule has 1 aromatic carbocycles. The predicted molar refractivity (Wildman–Crippen MR) is 88.6 cm³/mol. The lowest BCUT2D eigenvalue weighted by Gasteiger charge is -2.44. The molecule has 2 aliphatic rings. The number of hydrogen-bond acceptors (Lipinski definition) is 3. The van der Waals surface area contributed by atoms with Gasteiger partial charge in [-0.25, -0.2) is 0 Å². The van der Waals surface area contributed by atoms with Crippen LogP contribution in [-0.2, 0) is 10.8 Å². The highest BCUT2D eigenvalue weighted by atomic mass is 32.2. The van der Waals surface area contributed by atoms with Gasteiger partial charge in [-0.05, 0) is 69.5 Å². The Balaban J connectivity index is 0.00000176. The van der Waals surface area contributed by atoms with Gasteiger partial charge >= 0.3 is 0 Å². The first-order chi connectivity index (χ1) is 10.0. The van der Waals surface area contributed by atoms with Crippen LogP contribution in [0, 0.1) is 0 Å². The van der Waals surface area contributed by atoms with Crippen LogP contribution in [0.5, 0.6) is 5.75 Å². The number of piperidine rings is 1. The third-order valence-corrected chi connectivity index (χ3v) is 6.89. The van der Waals surface area contributed by atoms with Gasteiger partial charge in [-0.1, -0.05) is 6.42 Å². The summed E-state index contributed by atoms with van der Waals surface area (Å²) in [7, 11) is 3.08. The van der Waals surface area contributed by atoms with Crippen LogP contribution in [0.1, 0.15) is 45.5 Å². The van der Waals surface area contributed by atoms with Crippen LogP contribution in [0.15, 0.2) is 23.1 Å². The summed E-state index contributed by atoms with van der Waals surface area (Å²) in [5.41, 5.74) is 1.48. The summed E-state index contributed by atoms with van der Waals surface area (Å²) in [6, 6.07) is 6.00. The van der Waals surface area contributed by atoms with Gasteiger partial charge in [-0.2, -0.15) is 0 Å². The maximum atomic E-state index is 12.4. The largest absolute Gasteiger partial charge is 0.497 e. The molecule has 3 nitrogen and oxygen atoms in total. The van der Waals surface area contributed by atoms with Crippen LogP contribution < -0.4 is 4.74 Å². The van der Waals surface area contributed by atoms with E-state index >= 15 is 0 Å². The van der Waals surface area contributed by atoms with Crippen molar-refractivity contribution in [1.82, 2.24) is 4.90 Å². The lowest BCUT2D eigenvalue weighted by atomic mass is 9.79. The molecule has 0 amide bonds. The fourth-order valence-electron chi connectivity index (χ4n) is 3.82. The van der Waals surface area contributed by atoms with Gasteiger partial charge in [0.15, 0.2) is 0 Å². The minimum atomic E-state index is -0.846. The molecule has 3 atom stereocenters. The molecular weight excluding hydrogens is 282 g/mol. The minimum Gasteiger partial charge on any atom is -0.497 e. The highest BCUT2D eigenvalue weighted by molar-refractivity contribution is 7.85. The molecule has 1 fully saturated rings. The zero-order chi connectivity index (χ0) is 15.0. The Morgan fingerprint density at radius 1 is 1.48 bits per heavy atom. The summed E-state index contributed by atoms with van der Waals surface area (Å²) in [6.45, 7) is 3.55. The summed E-state index contributed by atoms with van der Waals surface area (Å²) >= 11 is 0. The molecule has 1 saturated heterocycles. The van der Waals surface area contributed by atoms with E-state index in [1.807, 2.05) is 12.1 Å². The van der Waals surface area contributed by atoms with Crippen LogP contribution >= 0.6 is 0 Å². The Labute approximate surface area is 131 Å². The van der Waals surface area contributed by atoms with Crippen LogP contribution in [0.25, 0.3) is 0 Å². The molecule has 1 aromatic rings. The van der Waals surface area contributed by atoms with Crippen molar-refractivity contribution >= 4 is 10.8 Å². The SMILES string of the molecule is COc1ccc2c(c1)C(CC1(C)CCCCN1C)CS2=O.[HH]. The molecule has 3 unspecified atom stereocenters. The standard InChI is InChI=1S/C17H25NO2S.H2/c1-17(8-4-5-9-18(17)2)11-13-12-21(19)16-7-6-14(20-3)10-15(13)16;/h6-7,10,13H,4-5,8-9,11-12H2,1-3H3;1H. The summed E-state index contributed by atoms with van der Waals surface area (Å²) in [6.07, 6.45) is 4.94. The summed E-state index contributed by atoms with van der Waals surface area (Å²) in [4.78, 5) is 3.51. The number of fused-ring (bicyclic) bond motifs is 1. The summed E-state index contributed by atoms with van der Waals surface area (Å²) < 4.78 is 17.7. The van der Waals surface area contributed by atoms with Gasteiger partial charge in [0.25, 0.3) is 0 Å². The molecule has 0 aromatic heterocycles. The molecule has 0 saturated carbocycles. The smallest absolute Gasteiger partial charge is 0.119 e. The van der Waals surface area contributed by atoms with E-state index in [1.165, 1.54) is 31.4 Å². The van der Waals surface area contributed by atoms with E-state index in [1.54, 1.807) is 7.11 Å². The number of likely N-dealkylation sites (tertiary alicyclic amines) is 1. The van der Waals surface area contributed by atoms with Gasteiger partial charge in [0, 0.05) is 17.6 Å². The topological polar surface area (TPSA) is 29.5 Å². The van der Waals surface area contributed by atoms with Crippen molar-refractivity contribution in [2.75, 3.05) is 26.5 Å². The lowest BCUT2D eigenvalue weighted by molar-refractivity contribution is 0.0763. The van der Waals surface area contributed by atoms with Crippen LogP contribution in [-0.4, -0.2) is 41.1 Å². The predicted octanol–water partition coefficient (Wildman–Crippen LogP) is 3.41. The minimum absolute atomic E-state index is 0. The number of benzene rings is 1. The third kappa shape index (κ3) is 2.76. The number of hydrogen-bond donors (Lipinski definition) is 0. The molecular formula is C17H27NO2S. The molecule has 0 aliphatic carbocycles. The van der Waals surface area contributed by atoms with E-state index < -0.39 is 10.8 Å². The third-order valence-electron chi connectivity index (χ3n) is 5.32. The van der Waals surface area contributed by atoms with Crippen molar-refractivity contribution in [1.29, 1.82) is 0 Å². The Bertz CT molecular complexity index is 566. The normalized spacial score (nSPS) is 32.9. The van der Waals surface area contributed by atoms with Gasteiger partial charge in [-0.3, -0.25) is 4.21 Å². The molecule has 0 N–H and O–H groups in total. The first kappa shape index (κ1) is 15.0. The van der Waals surface area contributed by atoms with E-state index in [0.29, 0.717) is 5.92 Å². The number of methoxy groups -OCH3 is 1. The lowest BCUT2D eigenvalue weighted by Crippen LogP contribution is -2.48. The molecule has 0 spiro atoms. The van der Waals surface area contributed by atoms with Gasteiger partial charge in [0.05, 0.1) is 17.9 Å². The second-order valence-corrected chi connectivity index (χ2v) is 8.16. The van der Waals surface area contributed by atoms with E-state index in [2.05, 4.69) is 24.9 Å². The van der Waals surface area contributed by atoms with Gasteiger partial charge in [-0.15, -0.1) is 0 Å². The second-order valence-electron chi connectivity index (χ2n) is 6.69. The molecule has 0 bridgehead atoms. The van der Waals surface area contributed by atoms with E-state index in [9.17, 15) is 4.21 Å². The van der Waals surface area contributed by atoms with E-state index in [0.717, 1.165) is 22.8 Å². The molecule has 21 heavy (non-hydrogen) atoms. The fourth-order valence-corrected chi connectivity index (χ4v) is 5.37. The highest BCUT2D eigenvalue weighted by Gasteiger charge is 2.38. The molecule has 2 aliphatic heterocycles. The summed E-state index contributed by atoms with van der Waals surface area (Å²) in [5, 5.41) is 0. The average Bonchev–Trinajstić information content (AvgIpc) is 2.78. The monoisotopic (exact) mass is 309 g/mol. The highest BCUT2D eigenvalue weighted by Crippen LogP contribution is 2.42. The Morgan fingerprint density at radius 3 is 3.00 bits per heavy atom. The zero-order valence-corrected chi connectivity index (χ0v) is 14.0. The van der Waals surface area contributed by atoms with Crippen molar-refractivity contribution in [2.24, 2.45) is 0 Å². The van der Waals surface area contributed by atoms with Gasteiger partial charge < -0.3 is 9.64 Å². The van der Waals surface area contributed by atoms with Crippen LogP contribution in [0.2, 0.25) is 0 Å². The number of ether oxygens (including phenoxy) is 1. The molecule has 3 rings (SSSR count). The Morgan fingerprint density at radius 2 is 2.29 bits per heavy atom. The zero-order valence-electron chi connectivity index (χ0n) is 13.2. The van der Waals surface area contributed by atoms with E-state index in [4.69, 9.17) is 4.74 Å². The van der Waals surface area contributed by atoms with Gasteiger partial charge in [0.1, 0.15) is 5.75 Å². The van der Waals surface area contributed by atoms with Gasteiger partial charge in [0.2, 0.25) is 0 Å². The fraction of sp³-hybridized carbons (Fsp3) is 0.647. The number of nitrogens with zero attached hydrogens (tertiary/aromatic N) is 1. The maximum absolute atomic E-state index is 12.4. The van der Waals surface area contributed by atoms with Crippen molar-refractivity contribution in [3.8, 4) is 5.75 Å². The maximum Gasteiger partial charge on any atom is 0.119 e.